The molecule has 1 atom stereocenters. The lowest BCUT2D eigenvalue weighted by Crippen LogP contribution is -2.21. The minimum Gasteiger partial charge on any atom is -0.318 e. The van der Waals surface area contributed by atoms with E-state index < -0.39 is 0 Å². The Morgan fingerprint density at radius 1 is 1.41 bits per heavy atom. The molecule has 2 aromatic rings. The number of nitrogens with two attached hydrogens (primary N) is 1. The third kappa shape index (κ3) is 2.20. The van der Waals surface area contributed by atoms with Crippen LogP contribution in [0.3, 0.4) is 0 Å². The van der Waals surface area contributed by atoms with E-state index in [1.54, 1.807) is 10.9 Å². The van der Waals surface area contributed by atoms with E-state index in [1.807, 2.05) is 7.05 Å². The molecule has 17 heavy (non-hydrogen) atoms. The van der Waals surface area contributed by atoms with E-state index in [-0.39, 0.29) is 11.5 Å². The first-order valence-corrected chi connectivity index (χ1v) is 6.11. The highest BCUT2D eigenvalue weighted by Crippen LogP contribution is 2.31. The molecule has 7 heteroatoms. The van der Waals surface area contributed by atoms with Gasteiger partial charge in [-0.05, 0) is 11.5 Å². The molecule has 0 saturated carbocycles. The van der Waals surface area contributed by atoms with E-state index in [0.717, 1.165) is 16.3 Å². The van der Waals surface area contributed by atoms with Crippen molar-refractivity contribution in [3.05, 3.63) is 22.5 Å². The van der Waals surface area contributed by atoms with Gasteiger partial charge in [0.1, 0.15) is 0 Å². The van der Waals surface area contributed by atoms with Crippen LogP contribution in [0.4, 0.5) is 0 Å². The van der Waals surface area contributed by atoms with E-state index in [1.165, 1.54) is 11.5 Å². The zero-order chi connectivity index (χ0) is 12.6. The van der Waals surface area contributed by atoms with Gasteiger partial charge in [-0.2, -0.15) is 0 Å². The van der Waals surface area contributed by atoms with E-state index in [4.69, 9.17) is 5.73 Å². The Morgan fingerprint density at radius 3 is 2.65 bits per heavy atom. The summed E-state index contributed by atoms with van der Waals surface area (Å²) in [5.74, 6) is 0. The van der Waals surface area contributed by atoms with Crippen LogP contribution in [0.1, 0.15) is 43.1 Å². The van der Waals surface area contributed by atoms with Crippen LogP contribution in [0.2, 0.25) is 0 Å². The Kier molecular flexibility index (Phi) is 2.96. The van der Waals surface area contributed by atoms with Crippen molar-refractivity contribution in [2.24, 2.45) is 12.8 Å². The summed E-state index contributed by atoms with van der Waals surface area (Å²) in [7, 11) is 1.83. The van der Waals surface area contributed by atoms with Crippen LogP contribution in [0.25, 0.3) is 0 Å². The third-order valence-corrected chi connectivity index (χ3v) is 3.38. The predicted molar refractivity (Wildman–Crippen MR) is 65.6 cm³/mol. The first-order valence-electron chi connectivity index (χ1n) is 5.34. The summed E-state index contributed by atoms with van der Waals surface area (Å²) in [6, 6.07) is -0.274. The molecular weight excluding hydrogens is 236 g/mol. The van der Waals surface area contributed by atoms with E-state index in [2.05, 4.69) is 40.7 Å². The molecule has 92 valence electrons. The average Bonchev–Trinajstić information content (AvgIpc) is 2.82. The van der Waals surface area contributed by atoms with Crippen molar-refractivity contribution in [3.63, 3.8) is 0 Å². The zero-order valence-electron chi connectivity index (χ0n) is 10.4. The zero-order valence-corrected chi connectivity index (χ0v) is 11.2. The fourth-order valence-corrected chi connectivity index (χ4v) is 2.51. The largest absolute Gasteiger partial charge is 0.318 e. The minimum atomic E-state index is -0.274. The fraction of sp³-hybridized carbons (Fsp3) is 0.600. The third-order valence-electron chi connectivity index (χ3n) is 2.57. The highest BCUT2D eigenvalue weighted by molar-refractivity contribution is 7.05. The van der Waals surface area contributed by atoms with Gasteiger partial charge in [0.2, 0.25) is 0 Å². The Morgan fingerprint density at radius 2 is 2.12 bits per heavy atom. The van der Waals surface area contributed by atoms with E-state index in [0.29, 0.717) is 0 Å². The van der Waals surface area contributed by atoms with Crippen molar-refractivity contribution in [3.8, 4) is 0 Å². The molecule has 0 aliphatic carbocycles. The normalized spacial score (nSPS) is 13.9. The maximum absolute atomic E-state index is 6.23. The number of nitrogens with zero attached hydrogens (tertiary/aromatic N) is 5. The Bertz CT molecular complexity index is 509. The SMILES string of the molecule is Cn1nncc1C(N)c1snnc1C(C)(C)C. The van der Waals surface area contributed by atoms with Gasteiger partial charge in [-0.3, -0.25) is 4.68 Å². The average molecular weight is 252 g/mol. The summed E-state index contributed by atoms with van der Waals surface area (Å²) < 4.78 is 5.69. The molecule has 0 aromatic carbocycles. The highest BCUT2D eigenvalue weighted by atomic mass is 32.1. The van der Waals surface area contributed by atoms with Gasteiger partial charge >= 0.3 is 0 Å². The summed E-state index contributed by atoms with van der Waals surface area (Å²) in [5.41, 5.74) is 7.97. The van der Waals surface area contributed by atoms with Gasteiger partial charge in [0.15, 0.2) is 0 Å². The van der Waals surface area contributed by atoms with Crippen LogP contribution < -0.4 is 5.73 Å². The lowest BCUT2D eigenvalue weighted by atomic mass is 9.90. The molecule has 0 spiro atoms. The fourth-order valence-electron chi connectivity index (χ4n) is 1.63. The van der Waals surface area contributed by atoms with Crippen LogP contribution in [0.5, 0.6) is 0 Å². The lowest BCUT2D eigenvalue weighted by Gasteiger charge is -2.19. The summed E-state index contributed by atoms with van der Waals surface area (Å²) >= 11 is 1.34. The molecule has 2 aromatic heterocycles. The van der Waals surface area contributed by atoms with Crippen molar-refractivity contribution in [1.29, 1.82) is 0 Å². The number of aryl methyl sites for hydroxylation is 1. The van der Waals surface area contributed by atoms with Crippen LogP contribution in [0.15, 0.2) is 6.20 Å². The second-order valence-electron chi connectivity index (χ2n) is 5.00. The van der Waals surface area contributed by atoms with Crippen LogP contribution in [-0.4, -0.2) is 24.6 Å². The van der Waals surface area contributed by atoms with Gasteiger partial charge < -0.3 is 5.73 Å². The highest BCUT2D eigenvalue weighted by Gasteiger charge is 2.27. The molecule has 2 N–H and O–H groups in total. The topological polar surface area (TPSA) is 82.5 Å². The lowest BCUT2D eigenvalue weighted by molar-refractivity contribution is 0.553. The van der Waals surface area contributed by atoms with Crippen LogP contribution in [0, 0.1) is 0 Å². The van der Waals surface area contributed by atoms with Gasteiger partial charge in [0.05, 0.1) is 28.5 Å². The van der Waals surface area contributed by atoms with E-state index in [9.17, 15) is 0 Å². The second kappa shape index (κ2) is 4.15. The van der Waals surface area contributed by atoms with Crippen molar-refractivity contribution in [1.82, 2.24) is 24.6 Å². The summed E-state index contributed by atoms with van der Waals surface area (Å²) in [6.45, 7) is 6.30. The molecule has 0 aliphatic heterocycles. The first-order chi connectivity index (χ1) is 7.91. The summed E-state index contributed by atoms with van der Waals surface area (Å²) in [4.78, 5) is 0.975. The smallest absolute Gasteiger partial charge is 0.0868 e. The standard InChI is InChI=1S/C10H16N6S/c1-10(2,3)9-8(17-15-13-9)7(11)6-5-12-14-16(6)4/h5,7H,11H2,1-4H3. The molecule has 0 radical (unpaired) electrons. The van der Waals surface area contributed by atoms with Gasteiger partial charge in [-0.1, -0.05) is 30.5 Å². The molecule has 0 aliphatic rings. The number of hydrogen-bond acceptors (Lipinski definition) is 6. The van der Waals surface area contributed by atoms with Gasteiger partial charge in [0, 0.05) is 12.5 Å². The van der Waals surface area contributed by atoms with Gasteiger partial charge in [-0.15, -0.1) is 10.2 Å². The molecule has 0 fully saturated rings. The molecule has 2 heterocycles. The van der Waals surface area contributed by atoms with Crippen molar-refractivity contribution in [2.75, 3.05) is 0 Å². The molecule has 1 unspecified atom stereocenters. The molecule has 0 amide bonds. The Balaban J connectivity index is 2.42. The summed E-state index contributed by atoms with van der Waals surface area (Å²) in [5, 5.41) is 11.9. The molecule has 0 saturated heterocycles. The van der Waals surface area contributed by atoms with Gasteiger partial charge in [-0.25, -0.2) is 0 Å². The molecular formula is C10H16N6S. The van der Waals surface area contributed by atoms with Gasteiger partial charge in [0.25, 0.3) is 0 Å². The number of hydrogen-bond donors (Lipinski definition) is 1. The van der Waals surface area contributed by atoms with E-state index >= 15 is 0 Å². The van der Waals surface area contributed by atoms with Crippen molar-refractivity contribution in [2.45, 2.75) is 32.2 Å². The Labute approximate surface area is 104 Å². The number of aromatic nitrogens is 5. The number of rotatable bonds is 2. The monoisotopic (exact) mass is 252 g/mol. The molecule has 0 bridgehead atoms. The molecule has 2 rings (SSSR count). The van der Waals surface area contributed by atoms with Crippen LogP contribution >= 0.6 is 11.5 Å². The van der Waals surface area contributed by atoms with Crippen molar-refractivity contribution >= 4 is 11.5 Å². The summed E-state index contributed by atoms with van der Waals surface area (Å²) in [6.07, 6.45) is 1.68. The predicted octanol–water partition coefficient (Wildman–Crippen LogP) is 1.01. The van der Waals surface area contributed by atoms with Crippen LogP contribution in [-0.2, 0) is 12.5 Å². The molecule has 6 nitrogen and oxygen atoms in total. The minimum absolute atomic E-state index is 0.0635. The Hall–Kier alpha value is -1.34. The maximum atomic E-state index is 6.23. The van der Waals surface area contributed by atoms with Crippen molar-refractivity contribution < 1.29 is 0 Å². The quantitative estimate of drug-likeness (QED) is 0.862. The second-order valence-corrected chi connectivity index (χ2v) is 5.78. The first kappa shape index (κ1) is 12.1. The maximum Gasteiger partial charge on any atom is 0.0868 e.